The van der Waals surface area contributed by atoms with Crippen LogP contribution in [-0.2, 0) is 6.42 Å². The van der Waals surface area contributed by atoms with Crippen LogP contribution in [0.1, 0.15) is 20.9 Å². The molecule has 0 aliphatic carbocycles. The average Bonchev–Trinajstić information content (AvgIpc) is 3.08. The van der Waals surface area contributed by atoms with E-state index in [1.165, 1.54) is 17.4 Å². The molecule has 140 valence electrons. The molecule has 5 nitrogen and oxygen atoms in total. The zero-order valence-corrected chi connectivity index (χ0v) is 15.6. The second-order valence-electron chi connectivity index (χ2n) is 5.58. The molecule has 0 atom stereocenters. The van der Waals surface area contributed by atoms with Crippen LogP contribution in [0.5, 0.6) is 0 Å². The summed E-state index contributed by atoms with van der Waals surface area (Å²) in [7, 11) is 0. The van der Waals surface area contributed by atoms with Crippen LogP contribution in [0.2, 0.25) is 5.02 Å². The van der Waals surface area contributed by atoms with Gasteiger partial charge in [-0.15, -0.1) is 10.2 Å². The van der Waals surface area contributed by atoms with Gasteiger partial charge in [-0.25, -0.2) is 8.78 Å². The lowest BCUT2D eigenvalue weighted by molar-refractivity contribution is 0.0947. The highest BCUT2D eigenvalue weighted by Crippen LogP contribution is 2.19. The third kappa shape index (κ3) is 5.21. The van der Waals surface area contributed by atoms with E-state index >= 15 is 0 Å². The van der Waals surface area contributed by atoms with Crippen molar-refractivity contribution in [2.24, 2.45) is 0 Å². The Bertz CT molecular complexity index is 913. The highest BCUT2D eigenvalue weighted by Gasteiger charge is 2.16. The van der Waals surface area contributed by atoms with Crippen LogP contribution in [0.25, 0.3) is 0 Å². The molecule has 0 bridgehead atoms. The molecule has 0 aliphatic rings. The molecule has 1 aromatic heterocycles. The van der Waals surface area contributed by atoms with Crippen LogP contribution in [0, 0.1) is 11.6 Å². The van der Waals surface area contributed by atoms with Crippen molar-refractivity contribution in [1.29, 1.82) is 0 Å². The number of rotatable bonds is 7. The van der Waals surface area contributed by atoms with Crippen molar-refractivity contribution in [2.75, 3.05) is 18.4 Å². The highest BCUT2D eigenvalue weighted by atomic mass is 35.5. The van der Waals surface area contributed by atoms with Crippen LogP contribution < -0.4 is 10.6 Å². The lowest BCUT2D eigenvalue weighted by Gasteiger charge is -2.07. The summed E-state index contributed by atoms with van der Waals surface area (Å²) in [6, 6.07) is 10.8. The predicted octanol–water partition coefficient (Wildman–Crippen LogP) is 3.90. The van der Waals surface area contributed by atoms with Crippen LogP contribution in [0.15, 0.2) is 42.5 Å². The predicted molar refractivity (Wildman–Crippen MR) is 101 cm³/mol. The number of anilines is 1. The Morgan fingerprint density at radius 3 is 2.44 bits per heavy atom. The Kier molecular flexibility index (Phi) is 6.31. The number of amides is 1. The zero-order valence-electron chi connectivity index (χ0n) is 14.0. The maximum atomic E-state index is 13.5. The number of carbonyl (C=O) groups is 1. The topological polar surface area (TPSA) is 66.9 Å². The molecule has 0 spiro atoms. The van der Waals surface area contributed by atoms with Gasteiger partial charge in [-0.2, -0.15) is 0 Å². The number of benzene rings is 2. The number of carbonyl (C=O) groups excluding carboxylic acids is 1. The Balaban J connectivity index is 1.46. The molecule has 1 heterocycles. The number of nitrogens with zero attached hydrogens (tertiary/aromatic N) is 2. The minimum absolute atomic E-state index is 0.179. The zero-order chi connectivity index (χ0) is 19.2. The number of halogens is 3. The van der Waals surface area contributed by atoms with Crippen molar-refractivity contribution < 1.29 is 13.6 Å². The van der Waals surface area contributed by atoms with Gasteiger partial charge >= 0.3 is 0 Å². The van der Waals surface area contributed by atoms with E-state index in [2.05, 4.69) is 20.8 Å². The van der Waals surface area contributed by atoms with E-state index in [0.717, 1.165) is 22.7 Å². The van der Waals surface area contributed by atoms with Crippen molar-refractivity contribution >= 4 is 34.0 Å². The molecular weight excluding hydrogens is 394 g/mol. The van der Waals surface area contributed by atoms with E-state index in [0.29, 0.717) is 23.1 Å². The first-order valence-electron chi connectivity index (χ1n) is 8.06. The highest BCUT2D eigenvalue weighted by molar-refractivity contribution is 7.15. The van der Waals surface area contributed by atoms with Crippen molar-refractivity contribution in [3.05, 3.63) is 75.3 Å². The lowest BCUT2D eigenvalue weighted by Crippen LogP contribution is -2.30. The first kappa shape index (κ1) is 19.2. The normalized spacial score (nSPS) is 10.6. The number of hydrogen-bond donors (Lipinski definition) is 2. The Hall–Kier alpha value is -2.58. The van der Waals surface area contributed by atoms with Gasteiger partial charge < -0.3 is 10.6 Å². The van der Waals surface area contributed by atoms with Crippen molar-refractivity contribution in [3.63, 3.8) is 0 Å². The Labute approximate surface area is 163 Å². The smallest absolute Gasteiger partial charge is 0.257 e. The van der Waals surface area contributed by atoms with E-state index in [-0.39, 0.29) is 6.54 Å². The molecule has 27 heavy (non-hydrogen) atoms. The fourth-order valence-electron chi connectivity index (χ4n) is 2.32. The van der Waals surface area contributed by atoms with E-state index in [4.69, 9.17) is 11.6 Å². The van der Waals surface area contributed by atoms with E-state index in [1.54, 1.807) is 0 Å². The van der Waals surface area contributed by atoms with E-state index in [1.807, 2.05) is 24.3 Å². The average molecular weight is 409 g/mol. The van der Waals surface area contributed by atoms with Crippen LogP contribution >= 0.6 is 22.9 Å². The fraction of sp³-hybridized carbons (Fsp3) is 0.167. The third-order valence-corrected chi connectivity index (χ3v) is 4.74. The minimum Gasteiger partial charge on any atom is -0.358 e. The summed E-state index contributed by atoms with van der Waals surface area (Å²) < 4.78 is 27.1. The van der Waals surface area contributed by atoms with E-state index < -0.39 is 23.1 Å². The monoisotopic (exact) mass is 408 g/mol. The van der Waals surface area contributed by atoms with Gasteiger partial charge in [0, 0.05) is 24.5 Å². The summed E-state index contributed by atoms with van der Waals surface area (Å²) in [6.45, 7) is 0.524. The molecule has 0 unspecified atom stereocenters. The molecule has 2 N–H and O–H groups in total. The van der Waals surface area contributed by atoms with Gasteiger partial charge in [0.25, 0.3) is 5.91 Å². The lowest BCUT2D eigenvalue weighted by atomic mass is 10.2. The molecule has 2 aromatic carbocycles. The fourth-order valence-corrected chi connectivity index (χ4v) is 3.25. The SMILES string of the molecule is O=C(NCCNc1nnc(Cc2ccc(Cl)cc2)s1)c1c(F)cccc1F. The van der Waals surface area contributed by atoms with Gasteiger partial charge in [0.1, 0.15) is 22.2 Å². The maximum absolute atomic E-state index is 13.5. The second kappa shape index (κ2) is 8.88. The van der Waals surface area contributed by atoms with Crippen LogP contribution in [-0.4, -0.2) is 29.2 Å². The Morgan fingerprint density at radius 2 is 1.74 bits per heavy atom. The molecule has 3 rings (SSSR count). The van der Waals surface area contributed by atoms with Crippen LogP contribution in [0.3, 0.4) is 0 Å². The molecule has 0 aliphatic heterocycles. The van der Waals surface area contributed by atoms with Crippen LogP contribution in [0.4, 0.5) is 13.9 Å². The first-order chi connectivity index (χ1) is 13.0. The number of hydrogen-bond acceptors (Lipinski definition) is 5. The molecule has 1 amide bonds. The molecule has 0 fully saturated rings. The summed E-state index contributed by atoms with van der Waals surface area (Å²) in [5, 5.41) is 15.7. The summed E-state index contributed by atoms with van der Waals surface area (Å²) in [4.78, 5) is 11.9. The summed E-state index contributed by atoms with van der Waals surface area (Å²) in [5.74, 6) is -2.58. The molecule has 0 saturated heterocycles. The van der Waals surface area contributed by atoms with Crippen molar-refractivity contribution in [3.8, 4) is 0 Å². The standard InChI is InChI=1S/C18H15ClF2N4OS/c19-12-6-4-11(5-7-12)10-15-24-25-18(27-15)23-9-8-22-17(26)16-13(20)2-1-3-14(16)21/h1-7H,8-10H2,(H,22,26)(H,23,25). The van der Waals surface area contributed by atoms with Crippen molar-refractivity contribution in [1.82, 2.24) is 15.5 Å². The van der Waals surface area contributed by atoms with Gasteiger partial charge in [-0.3, -0.25) is 4.79 Å². The van der Waals surface area contributed by atoms with E-state index in [9.17, 15) is 13.6 Å². The molecular formula is C18H15ClF2N4OS. The molecule has 9 heteroatoms. The molecule has 3 aromatic rings. The quantitative estimate of drug-likeness (QED) is 0.582. The third-order valence-electron chi connectivity index (χ3n) is 3.61. The maximum Gasteiger partial charge on any atom is 0.257 e. The summed E-state index contributed by atoms with van der Waals surface area (Å²) >= 11 is 7.25. The number of nitrogens with one attached hydrogen (secondary N) is 2. The molecule has 0 saturated carbocycles. The summed E-state index contributed by atoms with van der Waals surface area (Å²) in [6.07, 6.45) is 0.639. The first-order valence-corrected chi connectivity index (χ1v) is 9.25. The Morgan fingerprint density at radius 1 is 1.04 bits per heavy atom. The number of aromatic nitrogens is 2. The molecule has 0 radical (unpaired) electrons. The largest absolute Gasteiger partial charge is 0.358 e. The van der Waals surface area contributed by atoms with Gasteiger partial charge in [-0.1, -0.05) is 41.1 Å². The second-order valence-corrected chi connectivity index (χ2v) is 7.08. The van der Waals surface area contributed by atoms with Gasteiger partial charge in [0.2, 0.25) is 5.13 Å². The minimum atomic E-state index is -0.892. The van der Waals surface area contributed by atoms with Gasteiger partial charge in [-0.05, 0) is 29.8 Å². The van der Waals surface area contributed by atoms with Gasteiger partial charge in [0.15, 0.2) is 0 Å². The summed E-state index contributed by atoms with van der Waals surface area (Å²) in [5.41, 5.74) is 0.486. The van der Waals surface area contributed by atoms with Gasteiger partial charge in [0.05, 0.1) is 0 Å². The van der Waals surface area contributed by atoms with Crippen molar-refractivity contribution in [2.45, 2.75) is 6.42 Å².